The number of hydrogen-bond acceptors (Lipinski definition) is 4. The first-order valence-corrected chi connectivity index (χ1v) is 10.6. The molecule has 0 aliphatic heterocycles. The van der Waals surface area contributed by atoms with Crippen LogP contribution in [0, 0.1) is 0 Å². The highest BCUT2D eigenvalue weighted by Crippen LogP contribution is 2.21. The third-order valence-corrected chi connectivity index (χ3v) is 6.72. The highest BCUT2D eigenvalue weighted by molar-refractivity contribution is 7.89. The zero-order valence-corrected chi connectivity index (χ0v) is 17.1. The number of fused-ring (bicyclic) bond motifs is 2. The Labute approximate surface area is 171 Å². The first kappa shape index (κ1) is 19.9. The van der Waals surface area contributed by atoms with E-state index in [1.165, 1.54) is 27.3 Å². The number of aliphatic carboxylic acids is 1. The number of hydrogen-bond donors (Lipinski definition) is 3. The van der Waals surface area contributed by atoms with E-state index in [1.807, 2.05) is 24.3 Å². The molecule has 0 saturated carbocycles. The Hall–Kier alpha value is -3.37. The summed E-state index contributed by atoms with van der Waals surface area (Å²) < 4.78 is 30.9. The Morgan fingerprint density at radius 1 is 1.13 bits per heavy atom. The van der Waals surface area contributed by atoms with Gasteiger partial charge in [0.05, 0.1) is 15.9 Å². The van der Waals surface area contributed by atoms with Crippen LogP contribution in [0.2, 0.25) is 0 Å². The zero-order valence-electron chi connectivity index (χ0n) is 16.3. The summed E-state index contributed by atoms with van der Waals surface area (Å²) in [6, 6.07) is 10.3. The van der Waals surface area contributed by atoms with E-state index in [-0.39, 0.29) is 17.0 Å². The summed E-state index contributed by atoms with van der Waals surface area (Å²) in [7, 11) is -0.995. The minimum atomic E-state index is -4.14. The van der Waals surface area contributed by atoms with Crippen molar-refractivity contribution in [1.82, 2.24) is 18.8 Å². The summed E-state index contributed by atoms with van der Waals surface area (Å²) in [5.74, 6) is -1.28. The van der Waals surface area contributed by atoms with Crippen LogP contribution < -0.4 is 10.4 Å². The van der Waals surface area contributed by atoms with Gasteiger partial charge in [-0.15, -0.1) is 0 Å². The number of carbonyl (C=O) groups is 1. The summed E-state index contributed by atoms with van der Waals surface area (Å²) >= 11 is 0. The number of aromatic amines is 1. The van der Waals surface area contributed by atoms with Crippen molar-refractivity contribution >= 4 is 37.9 Å². The molecule has 0 fully saturated rings. The van der Waals surface area contributed by atoms with E-state index in [0.29, 0.717) is 16.6 Å². The van der Waals surface area contributed by atoms with E-state index < -0.39 is 22.0 Å². The van der Waals surface area contributed by atoms with Crippen molar-refractivity contribution in [2.45, 2.75) is 17.4 Å². The molecule has 0 aliphatic rings. The molecule has 10 heteroatoms. The van der Waals surface area contributed by atoms with E-state index in [0.717, 1.165) is 10.9 Å². The molecule has 9 nitrogen and oxygen atoms in total. The van der Waals surface area contributed by atoms with Crippen molar-refractivity contribution < 1.29 is 18.3 Å². The topological polar surface area (TPSA) is 126 Å². The van der Waals surface area contributed by atoms with Gasteiger partial charge in [0.25, 0.3) is 0 Å². The quantitative estimate of drug-likeness (QED) is 0.427. The Morgan fingerprint density at radius 2 is 1.83 bits per heavy atom. The molecule has 0 unspecified atom stereocenters. The van der Waals surface area contributed by atoms with E-state index >= 15 is 0 Å². The number of nitrogens with zero attached hydrogens (tertiary/aromatic N) is 2. The number of imidazole rings is 1. The fraction of sp³-hybridized carbons (Fsp3) is 0.200. The minimum absolute atomic E-state index is 0.0232. The van der Waals surface area contributed by atoms with Crippen molar-refractivity contribution in [2.24, 2.45) is 14.1 Å². The number of carboxylic acid groups (broad SMARTS) is 1. The molecule has 0 saturated heterocycles. The average molecular weight is 428 g/mol. The third-order valence-electron chi connectivity index (χ3n) is 5.25. The van der Waals surface area contributed by atoms with Crippen molar-refractivity contribution in [3.63, 3.8) is 0 Å². The molecule has 30 heavy (non-hydrogen) atoms. The molecular formula is C20H20N4O5S. The summed E-state index contributed by atoms with van der Waals surface area (Å²) in [4.78, 5) is 26.8. The molecule has 2 heterocycles. The molecule has 4 rings (SSSR count). The Morgan fingerprint density at radius 3 is 2.57 bits per heavy atom. The van der Waals surface area contributed by atoms with Crippen LogP contribution >= 0.6 is 0 Å². The molecule has 156 valence electrons. The zero-order chi connectivity index (χ0) is 21.6. The van der Waals surface area contributed by atoms with E-state index in [4.69, 9.17) is 0 Å². The fourth-order valence-corrected chi connectivity index (χ4v) is 4.82. The number of sulfonamides is 1. The average Bonchev–Trinajstić information content (AvgIpc) is 3.22. The van der Waals surface area contributed by atoms with Gasteiger partial charge in [0, 0.05) is 37.6 Å². The molecule has 3 N–H and O–H groups in total. The molecule has 4 aromatic rings. The lowest BCUT2D eigenvalue weighted by atomic mass is 10.1. The largest absolute Gasteiger partial charge is 0.480 e. The second-order valence-corrected chi connectivity index (χ2v) is 8.84. The number of H-pyrrole nitrogens is 1. The molecule has 2 aromatic carbocycles. The maximum Gasteiger partial charge on any atom is 0.328 e. The predicted octanol–water partition coefficient (Wildman–Crippen LogP) is 1.33. The van der Waals surface area contributed by atoms with Gasteiger partial charge in [0.1, 0.15) is 6.04 Å². The van der Waals surface area contributed by atoms with Gasteiger partial charge in [-0.05, 0) is 29.8 Å². The second-order valence-electron chi connectivity index (χ2n) is 7.13. The van der Waals surface area contributed by atoms with E-state index in [9.17, 15) is 23.1 Å². The normalized spacial score (nSPS) is 13.1. The number of carboxylic acids is 1. The Kier molecular flexibility index (Phi) is 4.75. The van der Waals surface area contributed by atoms with E-state index in [2.05, 4.69) is 9.71 Å². The summed E-state index contributed by atoms with van der Waals surface area (Å²) in [5, 5.41) is 10.5. The van der Waals surface area contributed by atoms with Crippen LogP contribution in [0.4, 0.5) is 0 Å². The molecule has 0 aliphatic carbocycles. The van der Waals surface area contributed by atoms with Crippen LogP contribution in [-0.4, -0.2) is 39.7 Å². The van der Waals surface area contributed by atoms with Crippen molar-refractivity contribution in [3.8, 4) is 0 Å². The summed E-state index contributed by atoms with van der Waals surface area (Å²) in [6.45, 7) is 0. The lowest BCUT2D eigenvalue weighted by molar-refractivity contribution is -0.138. The number of rotatable bonds is 6. The minimum Gasteiger partial charge on any atom is -0.480 e. The van der Waals surface area contributed by atoms with Gasteiger partial charge in [0.15, 0.2) is 0 Å². The predicted molar refractivity (Wildman–Crippen MR) is 112 cm³/mol. The number of benzene rings is 2. The number of nitrogens with one attached hydrogen (secondary N) is 2. The van der Waals surface area contributed by atoms with Gasteiger partial charge in [-0.1, -0.05) is 18.2 Å². The van der Waals surface area contributed by atoms with Crippen LogP contribution in [0.3, 0.4) is 0 Å². The second kappa shape index (κ2) is 7.15. The molecule has 1 atom stereocenters. The third kappa shape index (κ3) is 3.29. The number of para-hydroxylation sites is 1. The highest BCUT2D eigenvalue weighted by Gasteiger charge is 2.27. The number of aryl methyl sites for hydroxylation is 2. The number of aromatic nitrogens is 3. The van der Waals surface area contributed by atoms with Gasteiger partial charge in [-0.3, -0.25) is 13.9 Å². The molecule has 0 bridgehead atoms. The molecule has 0 amide bonds. The van der Waals surface area contributed by atoms with Gasteiger partial charge in [-0.2, -0.15) is 4.72 Å². The van der Waals surface area contributed by atoms with Crippen molar-refractivity contribution in [1.29, 1.82) is 0 Å². The lowest BCUT2D eigenvalue weighted by Crippen LogP contribution is -2.42. The maximum atomic E-state index is 12.9. The molecule has 0 spiro atoms. The van der Waals surface area contributed by atoms with Crippen molar-refractivity contribution in [2.75, 3.05) is 0 Å². The van der Waals surface area contributed by atoms with E-state index in [1.54, 1.807) is 20.3 Å². The summed E-state index contributed by atoms with van der Waals surface area (Å²) in [6.07, 6.45) is 1.66. The first-order chi connectivity index (χ1) is 14.2. The maximum absolute atomic E-state index is 12.9. The molecule has 0 radical (unpaired) electrons. The first-order valence-electron chi connectivity index (χ1n) is 9.14. The SMILES string of the molecule is Cn1c(=O)n(C)c2cc(S(=O)(=O)N[C@@H](Cc3c[nH]c4ccccc34)C(=O)O)ccc21. The van der Waals surface area contributed by atoms with Crippen LogP contribution in [0.5, 0.6) is 0 Å². The van der Waals surface area contributed by atoms with Crippen molar-refractivity contribution in [3.05, 3.63) is 64.7 Å². The van der Waals surface area contributed by atoms with Crippen LogP contribution in [0.15, 0.2) is 58.4 Å². The highest BCUT2D eigenvalue weighted by atomic mass is 32.2. The summed E-state index contributed by atoms with van der Waals surface area (Å²) in [5.41, 5.74) is 2.27. The van der Waals surface area contributed by atoms with Crippen LogP contribution in [-0.2, 0) is 35.3 Å². The Balaban J connectivity index is 1.67. The van der Waals surface area contributed by atoms with Gasteiger partial charge >= 0.3 is 11.7 Å². The van der Waals surface area contributed by atoms with Gasteiger partial charge in [-0.25, -0.2) is 13.2 Å². The van der Waals surface area contributed by atoms with Gasteiger partial charge in [0.2, 0.25) is 10.0 Å². The van der Waals surface area contributed by atoms with Gasteiger partial charge < -0.3 is 10.1 Å². The van der Waals surface area contributed by atoms with Crippen LogP contribution in [0.1, 0.15) is 5.56 Å². The molecular weight excluding hydrogens is 408 g/mol. The van der Waals surface area contributed by atoms with Crippen LogP contribution in [0.25, 0.3) is 21.9 Å². The molecule has 2 aromatic heterocycles. The lowest BCUT2D eigenvalue weighted by Gasteiger charge is -2.15. The Bertz CT molecular complexity index is 1450. The monoisotopic (exact) mass is 428 g/mol. The smallest absolute Gasteiger partial charge is 0.328 e. The fourth-order valence-electron chi connectivity index (χ4n) is 3.61. The standard InChI is InChI=1S/C20H20N4O5S/c1-23-17-8-7-13(10-18(17)24(2)20(23)27)30(28,29)22-16(19(25)26)9-12-11-21-15-6-4-3-5-14(12)15/h3-8,10-11,16,21-22H,9H2,1-2H3,(H,25,26)/t16-/m0/s1.